The molecule has 0 spiro atoms. The topological polar surface area (TPSA) is 75.1 Å². The molecule has 7 heteroatoms. The number of benzene rings is 2. The normalized spacial score (nSPS) is 11.2. The monoisotopic (exact) mass is 339 g/mol. The fraction of sp³-hybridized carbons (Fsp3) is 0.118. The lowest BCUT2D eigenvalue weighted by molar-refractivity contribution is 1.00. The summed E-state index contributed by atoms with van der Waals surface area (Å²) < 4.78 is 1.49. The summed E-state index contributed by atoms with van der Waals surface area (Å²) in [6, 6.07) is 15.4. The molecule has 0 aliphatic rings. The standard InChI is InChI=1S/C17H14ClN5O/c18-12-6-7-13-14(10-12)23-16(21-22-17(23)24)15(20-13)19-9-8-11-4-2-1-3-5-11/h1-7,10H,8-9H2,(H,19,20)(H,22,24). The van der Waals surface area contributed by atoms with E-state index in [0.717, 1.165) is 6.42 Å². The van der Waals surface area contributed by atoms with Crippen molar-refractivity contribution in [2.24, 2.45) is 0 Å². The molecule has 120 valence electrons. The van der Waals surface area contributed by atoms with Crippen molar-refractivity contribution in [2.45, 2.75) is 6.42 Å². The molecule has 0 fully saturated rings. The highest BCUT2D eigenvalue weighted by Crippen LogP contribution is 2.21. The second kappa shape index (κ2) is 5.98. The molecule has 4 aromatic rings. The Balaban J connectivity index is 1.72. The average Bonchev–Trinajstić information content (AvgIpc) is 2.99. The van der Waals surface area contributed by atoms with Gasteiger partial charge >= 0.3 is 5.69 Å². The number of aromatic amines is 1. The number of anilines is 1. The lowest BCUT2D eigenvalue weighted by Gasteiger charge is -2.09. The number of hydrogen-bond acceptors (Lipinski definition) is 4. The largest absolute Gasteiger partial charge is 0.367 e. The maximum atomic E-state index is 12.1. The van der Waals surface area contributed by atoms with Crippen molar-refractivity contribution < 1.29 is 0 Å². The number of nitrogens with one attached hydrogen (secondary N) is 2. The molecule has 24 heavy (non-hydrogen) atoms. The molecule has 0 aliphatic carbocycles. The minimum Gasteiger partial charge on any atom is -0.367 e. The summed E-state index contributed by atoms with van der Waals surface area (Å²) in [5.74, 6) is 0.569. The van der Waals surface area contributed by atoms with Gasteiger partial charge in [-0.2, -0.15) is 0 Å². The molecule has 0 radical (unpaired) electrons. The van der Waals surface area contributed by atoms with Gasteiger partial charge in [-0.1, -0.05) is 41.9 Å². The van der Waals surface area contributed by atoms with Gasteiger partial charge in [0.1, 0.15) is 0 Å². The number of aromatic nitrogens is 4. The smallest absolute Gasteiger partial charge is 0.348 e. The van der Waals surface area contributed by atoms with Crippen molar-refractivity contribution >= 4 is 34.1 Å². The van der Waals surface area contributed by atoms with Crippen molar-refractivity contribution in [1.29, 1.82) is 0 Å². The fourth-order valence-corrected chi connectivity index (χ4v) is 2.87. The highest BCUT2D eigenvalue weighted by atomic mass is 35.5. The Morgan fingerprint density at radius 1 is 1.17 bits per heavy atom. The predicted octanol–water partition coefficient (Wildman–Crippen LogP) is 2.88. The quantitative estimate of drug-likeness (QED) is 0.599. The molecule has 2 heterocycles. The van der Waals surface area contributed by atoms with Crippen molar-refractivity contribution in [3.63, 3.8) is 0 Å². The molecule has 0 saturated carbocycles. The highest BCUT2D eigenvalue weighted by molar-refractivity contribution is 6.31. The van der Waals surface area contributed by atoms with E-state index in [0.29, 0.717) is 34.1 Å². The Hall–Kier alpha value is -2.86. The van der Waals surface area contributed by atoms with Crippen LogP contribution in [0.4, 0.5) is 5.82 Å². The van der Waals surface area contributed by atoms with E-state index in [4.69, 9.17) is 11.6 Å². The van der Waals surface area contributed by atoms with Gasteiger partial charge in [0.05, 0.1) is 11.0 Å². The first kappa shape index (κ1) is 14.7. The van der Waals surface area contributed by atoms with Crippen LogP contribution in [0.2, 0.25) is 5.02 Å². The molecule has 0 atom stereocenters. The maximum Gasteiger partial charge on any atom is 0.348 e. The number of H-pyrrole nitrogens is 1. The second-order valence-electron chi connectivity index (χ2n) is 5.44. The zero-order valence-electron chi connectivity index (χ0n) is 12.7. The number of nitrogens with zero attached hydrogens (tertiary/aromatic N) is 3. The average molecular weight is 340 g/mol. The third kappa shape index (κ3) is 2.61. The molecular formula is C17H14ClN5O. The minimum atomic E-state index is -0.314. The number of fused-ring (bicyclic) bond motifs is 3. The lowest BCUT2D eigenvalue weighted by Crippen LogP contribution is -2.13. The zero-order chi connectivity index (χ0) is 16.5. The predicted molar refractivity (Wildman–Crippen MR) is 94.8 cm³/mol. The van der Waals surface area contributed by atoms with Crippen LogP contribution < -0.4 is 11.0 Å². The highest BCUT2D eigenvalue weighted by Gasteiger charge is 2.12. The van der Waals surface area contributed by atoms with E-state index in [1.807, 2.05) is 18.2 Å². The molecule has 0 saturated heterocycles. The Kier molecular flexibility index (Phi) is 3.66. The first-order chi connectivity index (χ1) is 11.7. The van der Waals surface area contributed by atoms with Gasteiger partial charge in [-0.25, -0.2) is 19.3 Å². The van der Waals surface area contributed by atoms with E-state index in [-0.39, 0.29) is 5.69 Å². The third-order valence-electron chi connectivity index (χ3n) is 3.84. The summed E-state index contributed by atoms with van der Waals surface area (Å²) in [5, 5.41) is 10.4. The van der Waals surface area contributed by atoms with Gasteiger partial charge in [0.25, 0.3) is 0 Å². The molecule has 0 unspecified atom stereocenters. The van der Waals surface area contributed by atoms with Crippen LogP contribution in [0.5, 0.6) is 0 Å². The van der Waals surface area contributed by atoms with Gasteiger partial charge in [-0.15, -0.1) is 5.10 Å². The van der Waals surface area contributed by atoms with Crippen LogP contribution in [0.25, 0.3) is 16.7 Å². The lowest BCUT2D eigenvalue weighted by atomic mass is 10.1. The van der Waals surface area contributed by atoms with Gasteiger partial charge in [-0.3, -0.25) is 0 Å². The minimum absolute atomic E-state index is 0.314. The first-order valence-corrected chi connectivity index (χ1v) is 7.94. The van der Waals surface area contributed by atoms with E-state index in [9.17, 15) is 4.79 Å². The van der Waals surface area contributed by atoms with Crippen LogP contribution in [0.1, 0.15) is 5.56 Å². The molecule has 0 aliphatic heterocycles. The van der Waals surface area contributed by atoms with Crippen molar-refractivity contribution in [1.82, 2.24) is 19.6 Å². The molecular weight excluding hydrogens is 326 g/mol. The summed E-state index contributed by atoms with van der Waals surface area (Å²) in [6.45, 7) is 0.687. The third-order valence-corrected chi connectivity index (χ3v) is 4.08. The summed E-state index contributed by atoms with van der Waals surface area (Å²) in [6.07, 6.45) is 0.849. The van der Waals surface area contributed by atoms with Gasteiger partial charge in [-0.05, 0) is 30.2 Å². The Labute approximate surface area is 142 Å². The van der Waals surface area contributed by atoms with E-state index >= 15 is 0 Å². The van der Waals surface area contributed by atoms with Crippen LogP contribution >= 0.6 is 11.6 Å². The van der Waals surface area contributed by atoms with E-state index < -0.39 is 0 Å². The Morgan fingerprint density at radius 2 is 2.00 bits per heavy atom. The SMILES string of the molecule is O=c1[nH]nc2c(NCCc3ccccc3)nc3ccc(Cl)cc3n12. The van der Waals surface area contributed by atoms with Gasteiger partial charge in [0, 0.05) is 11.6 Å². The van der Waals surface area contributed by atoms with Gasteiger partial charge < -0.3 is 5.32 Å². The molecule has 6 nitrogen and oxygen atoms in total. The van der Waals surface area contributed by atoms with Crippen LogP contribution in [-0.4, -0.2) is 26.1 Å². The molecule has 2 N–H and O–H groups in total. The zero-order valence-corrected chi connectivity index (χ0v) is 13.4. The van der Waals surface area contributed by atoms with Gasteiger partial charge in [0.15, 0.2) is 5.82 Å². The molecule has 0 amide bonds. The number of rotatable bonds is 4. The fourth-order valence-electron chi connectivity index (χ4n) is 2.71. The summed E-state index contributed by atoms with van der Waals surface area (Å²) in [7, 11) is 0. The van der Waals surface area contributed by atoms with Crippen LogP contribution in [0.15, 0.2) is 53.3 Å². The summed E-state index contributed by atoms with van der Waals surface area (Å²) in [4.78, 5) is 16.7. The Morgan fingerprint density at radius 3 is 2.83 bits per heavy atom. The van der Waals surface area contributed by atoms with E-state index in [2.05, 4.69) is 32.6 Å². The molecule has 2 aromatic heterocycles. The van der Waals surface area contributed by atoms with Crippen molar-refractivity contribution in [2.75, 3.05) is 11.9 Å². The first-order valence-electron chi connectivity index (χ1n) is 7.56. The van der Waals surface area contributed by atoms with Crippen LogP contribution in [0, 0.1) is 0 Å². The second-order valence-corrected chi connectivity index (χ2v) is 5.88. The molecule has 0 bridgehead atoms. The van der Waals surface area contributed by atoms with Crippen LogP contribution in [0.3, 0.4) is 0 Å². The maximum absolute atomic E-state index is 12.1. The summed E-state index contributed by atoms with van der Waals surface area (Å²) >= 11 is 6.04. The van der Waals surface area contributed by atoms with E-state index in [1.165, 1.54) is 9.96 Å². The van der Waals surface area contributed by atoms with Gasteiger partial charge in [0.2, 0.25) is 5.65 Å². The van der Waals surface area contributed by atoms with Crippen molar-refractivity contribution in [3.8, 4) is 0 Å². The molecule has 2 aromatic carbocycles. The number of hydrogen-bond donors (Lipinski definition) is 2. The van der Waals surface area contributed by atoms with Crippen LogP contribution in [-0.2, 0) is 6.42 Å². The summed E-state index contributed by atoms with van der Waals surface area (Å²) in [5.41, 5.74) is 2.68. The number of halogens is 1. The van der Waals surface area contributed by atoms with E-state index in [1.54, 1.807) is 18.2 Å². The Bertz CT molecular complexity index is 1070. The molecule has 4 rings (SSSR count). The van der Waals surface area contributed by atoms with Crippen molar-refractivity contribution in [3.05, 3.63) is 69.6 Å².